The molecule has 0 rings (SSSR count). The van der Waals surface area contributed by atoms with E-state index in [1.807, 2.05) is 0 Å². The van der Waals surface area contributed by atoms with Gasteiger partial charge >= 0.3 is 6.18 Å². The quantitative estimate of drug-likeness (QED) is 0.694. The molecule has 0 saturated heterocycles. The van der Waals surface area contributed by atoms with E-state index in [9.17, 15) is 18.0 Å². The zero-order valence-corrected chi connectivity index (χ0v) is 9.14. The summed E-state index contributed by atoms with van der Waals surface area (Å²) in [6.45, 7) is 0.298. The van der Waals surface area contributed by atoms with Gasteiger partial charge in [-0.05, 0) is 26.3 Å². The van der Waals surface area contributed by atoms with Crippen molar-refractivity contribution in [2.75, 3.05) is 19.8 Å². The Hall–Kier alpha value is -0.820. The Morgan fingerprint density at radius 3 is 2.62 bits per heavy atom. The first-order valence-electron chi connectivity index (χ1n) is 4.99. The van der Waals surface area contributed by atoms with Crippen molar-refractivity contribution < 1.29 is 22.7 Å². The lowest BCUT2D eigenvalue weighted by Crippen LogP contribution is -2.36. The highest BCUT2D eigenvalue weighted by atomic mass is 19.4. The maximum Gasteiger partial charge on any atom is 0.411 e. The summed E-state index contributed by atoms with van der Waals surface area (Å²) >= 11 is 0. The maximum absolute atomic E-state index is 11.7. The van der Waals surface area contributed by atoms with E-state index in [1.165, 1.54) is 0 Å². The summed E-state index contributed by atoms with van der Waals surface area (Å²) < 4.78 is 39.2. The number of rotatable bonds is 7. The molecule has 0 aromatic carbocycles. The molecule has 0 heterocycles. The zero-order chi connectivity index (χ0) is 12.6. The van der Waals surface area contributed by atoms with E-state index in [4.69, 9.17) is 5.73 Å². The molecular formula is C9H17F3N2O2. The number of carbonyl (C=O) groups excluding carboxylic acids is 1. The van der Waals surface area contributed by atoms with Gasteiger partial charge in [0.2, 0.25) is 5.91 Å². The minimum Gasteiger partial charge on any atom is -0.362 e. The Morgan fingerprint density at radius 1 is 1.50 bits per heavy atom. The van der Waals surface area contributed by atoms with Crippen molar-refractivity contribution >= 4 is 5.91 Å². The smallest absolute Gasteiger partial charge is 0.362 e. The number of nitrogens with two attached hydrogens (primary N) is 1. The summed E-state index contributed by atoms with van der Waals surface area (Å²) in [6.07, 6.45) is -2.95. The molecule has 0 fully saturated rings. The van der Waals surface area contributed by atoms with Gasteiger partial charge in [-0.2, -0.15) is 13.2 Å². The molecule has 96 valence electrons. The average Bonchev–Trinajstić information content (AvgIpc) is 2.12. The van der Waals surface area contributed by atoms with Crippen LogP contribution in [0.2, 0.25) is 0 Å². The Kier molecular flexibility index (Phi) is 7.07. The van der Waals surface area contributed by atoms with Crippen LogP contribution in [0.3, 0.4) is 0 Å². The van der Waals surface area contributed by atoms with E-state index in [1.54, 1.807) is 6.92 Å². The minimum absolute atomic E-state index is 0.106. The summed E-state index contributed by atoms with van der Waals surface area (Å²) in [4.78, 5) is 11.1. The van der Waals surface area contributed by atoms with Crippen molar-refractivity contribution in [2.45, 2.75) is 32.0 Å². The lowest BCUT2D eigenvalue weighted by atomic mass is 10.2. The molecule has 7 heteroatoms. The number of alkyl halides is 3. The molecule has 0 aromatic heterocycles. The first-order valence-corrected chi connectivity index (χ1v) is 4.99. The Labute approximate surface area is 92.3 Å². The molecule has 0 aliphatic carbocycles. The van der Waals surface area contributed by atoms with Crippen molar-refractivity contribution in [3.8, 4) is 0 Å². The summed E-state index contributed by atoms with van der Waals surface area (Å²) in [7, 11) is 0. The molecule has 1 unspecified atom stereocenters. The maximum atomic E-state index is 11.7. The predicted octanol–water partition coefficient (Wildman–Crippen LogP) is 0.809. The number of carbonyl (C=O) groups is 1. The van der Waals surface area contributed by atoms with Gasteiger partial charge in [-0.25, -0.2) is 0 Å². The summed E-state index contributed by atoms with van der Waals surface area (Å²) in [6, 6.07) is -0.106. The van der Waals surface area contributed by atoms with E-state index in [-0.39, 0.29) is 6.04 Å². The molecular weight excluding hydrogens is 225 g/mol. The highest BCUT2D eigenvalue weighted by Gasteiger charge is 2.27. The lowest BCUT2D eigenvalue weighted by Gasteiger charge is -2.13. The lowest BCUT2D eigenvalue weighted by molar-refractivity contribution is -0.175. The van der Waals surface area contributed by atoms with Gasteiger partial charge in [-0.1, -0.05) is 0 Å². The van der Waals surface area contributed by atoms with Gasteiger partial charge in [-0.3, -0.25) is 4.79 Å². The van der Waals surface area contributed by atoms with Crippen LogP contribution in [-0.4, -0.2) is 37.9 Å². The minimum atomic E-state index is -4.40. The first kappa shape index (κ1) is 15.2. The van der Waals surface area contributed by atoms with E-state index in [0.717, 1.165) is 6.42 Å². The zero-order valence-electron chi connectivity index (χ0n) is 9.14. The second kappa shape index (κ2) is 7.45. The normalized spacial score (nSPS) is 13.6. The predicted molar refractivity (Wildman–Crippen MR) is 52.8 cm³/mol. The molecule has 0 bridgehead atoms. The van der Waals surface area contributed by atoms with E-state index >= 15 is 0 Å². The third-order valence-corrected chi connectivity index (χ3v) is 1.75. The molecule has 0 spiro atoms. The Balaban J connectivity index is 3.58. The number of hydrogen-bond donors (Lipinski definition) is 2. The highest BCUT2D eigenvalue weighted by molar-refractivity contribution is 5.77. The fourth-order valence-electron chi connectivity index (χ4n) is 1.07. The highest BCUT2D eigenvalue weighted by Crippen LogP contribution is 2.14. The summed E-state index contributed by atoms with van der Waals surface area (Å²) in [5.74, 6) is -0.547. The SMILES string of the molecule is CC(CCCN)NC(=O)COCC(F)(F)F. The van der Waals surface area contributed by atoms with Crippen LogP contribution in [0.15, 0.2) is 0 Å². The Morgan fingerprint density at radius 2 is 2.12 bits per heavy atom. The van der Waals surface area contributed by atoms with Crippen LogP contribution in [0.25, 0.3) is 0 Å². The fourth-order valence-corrected chi connectivity index (χ4v) is 1.07. The molecule has 0 aromatic rings. The van der Waals surface area contributed by atoms with Gasteiger partial charge in [0.1, 0.15) is 13.2 Å². The van der Waals surface area contributed by atoms with Crippen LogP contribution >= 0.6 is 0 Å². The van der Waals surface area contributed by atoms with Crippen LogP contribution in [0, 0.1) is 0 Å². The van der Waals surface area contributed by atoms with Gasteiger partial charge in [0.05, 0.1) is 0 Å². The van der Waals surface area contributed by atoms with Crippen molar-refractivity contribution in [3.05, 3.63) is 0 Å². The molecule has 0 radical (unpaired) electrons. The standard InChI is InChI=1S/C9H17F3N2O2/c1-7(3-2-4-13)14-8(15)5-16-6-9(10,11)12/h7H,2-6,13H2,1H3,(H,14,15). The third-order valence-electron chi connectivity index (χ3n) is 1.75. The molecule has 3 N–H and O–H groups in total. The van der Waals surface area contributed by atoms with Gasteiger partial charge in [0, 0.05) is 6.04 Å². The second-order valence-corrected chi connectivity index (χ2v) is 3.51. The van der Waals surface area contributed by atoms with Crippen molar-refractivity contribution in [2.24, 2.45) is 5.73 Å². The van der Waals surface area contributed by atoms with Gasteiger partial charge < -0.3 is 15.8 Å². The van der Waals surface area contributed by atoms with Gasteiger partial charge in [0.15, 0.2) is 0 Å². The molecule has 16 heavy (non-hydrogen) atoms. The third kappa shape index (κ3) is 9.72. The van der Waals surface area contributed by atoms with Crippen LogP contribution < -0.4 is 11.1 Å². The molecule has 4 nitrogen and oxygen atoms in total. The van der Waals surface area contributed by atoms with Crippen molar-refractivity contribution in [1.82, 2.24) is 5.32 Å². The van der Waals surface area contributed by atoms with Gasteiger partial charge in [0.25, 0.3) is 0 Å². The molecule has 1 amide bonds. The number of hydrogen-bond acceptors (Lipinski definition) is 3. The largest absolute Gasteiger partial charge is 0.411 e. The first-order chi connectivity index (χ1) is 7.35. The number of amides is 1. The van der Waals surface area contributed by atoms with Crippen LogP contribution in [-0.2, 0) is 9.53 Å². The van der Waals surface area contributed by atoms with E-state index in [2.05, 4.69) is 10.1 Å². The number of halogens is 3. The number of ether oxygens (including phenoxy) is 1. The Bertz CT molecular complexity index is 209. The summed E-state index contributed by atoms with van der Waals surface area (Å²) in [5.41, 5.74) is 5.27. The van der Waals surface area contributed by atoms with E-state index < -0.39 is 25.3 Å². The van der Waals surface area contributed by atoms with E-state index in [0.29, 0.717) is 13.0 Å². The molecule has 1 atom stereocenters. The second-order valence-electron chi connectivity index (χ2n) is 3.51. The number of nitrogens with one attached hydrogen (secondary N) is 1. The van der Waals surface area contributed by atoms with Crippen molar-refractivity contribution in [3.63, 3.8) is 0 Å². The van der Waals surface area contributed by atoms with Crippen LogP contribution in [0.4, 0.5) is 13.2 Å². The monoisotopic (exact) mass is 242 g/mol. The topological polar surface area (TPSA) is 64.3 Å². The van der Waals surface area contributed by atoms with Gasteiger partial charge in [-0.15, -0.1) is 0 Å². The van der Waals surface area contributed by atoms with Crippen LogP contribution in [0.5, 0.6) is 0 Å². The molecule has 0 saturated carbocycles. The average molecular weight is 242 g/mol. The fraction of sp³-hybridized carbons (Fsp3) is 0.889. The van der Waals surface area contributed by atoms with Crippen LogP contribution in [0.1, 0.15) is 19.8 Å². The molecule has 0 aliphatic rings. The summed E-state index contributed by atoms with van der Waals surface area (Å²) in [5, 5.41) is 2.51. The van der Waals surface area contributed by atoms with Crippen molar-refractivity contribution in [1.29, 1.82) is 0 Å². The molecule has 0 aliphatic heterocycles.